The van der Waals surface area contributed by atoms with E-state index in [4.69, 9.17) is 14.7 Å². The Morgan fingerprint density at radius 2 is 2.04 bits per heavy atom. The number of hydrogen-bond donors (Lipinski definition) is 2. The first-order chi connectivity index (χ1) is 13.3. The van der Waals surface area contributed by atoms with Crippen LogP contribution in [0.1, 0.15) is 19.5 Å². The van der Waals surface area contributed by atoms with Gasteiger partial charge >= 0.3 is 0 Å². The Morgan fingerprint density at radius 3 is 2.78 bits per heavy atom. The molecule has 2 aromatic rings. The van der Waals surface area contributed by atoms with Crippen molar-refractivity contribution in [1.29, 1.82) is 0 Å². The van der Waals surface area contributed by atoms with Gasteiger partial charge in [-0.1, -0.05) is 30.3 Å². The molecule has 3 rings (SSSR count). The summed E-state index contributed by atoms with van der Waals surface area (Å²) in [7, 11) is 0. The van der Waals surface area contributed by atoms with Crippen LogP contribution >= 0.6 is 11.3 Å². The summed E-state index contributed by atoms with van der Waals surface area (Å²) in [4.78, 5) is 11.9. The molecule has 1 aromatic carbocycles. The van der Waals surface area contributed by atoms with E-state index in [1.807, 2.05) is 18.2 Å². The van der Waals surface area contributed by atoms with Gasteiger partial charge in [0, 0.05) is 43.2 Å². The quantitative estimate of drug-likeness (QED) is 0.565. The minimum absolute atomic E-state index is 0.446. The van der Waals surface area contributed by atoms with Gasteiger partial charge in [0.1, 0.15) is 5.01 Å². The molecule has 1 aliphatic heterocycles. The van der Waals surface area contributed by atoms with Crippen molar-refractivity contribution in [3.05, 3.63) is 41.4 Å². The number of nitrogens with zero attached hydrogens (tertiary/aromatic N) is 3. The molecule has 6 nitrogen and oxygen atoms in total. The molecule has 7 heteroatoms. The predicted molar refractivity (Wildman–Crippen MR) is 112 cm³/mol. The summed E-state index contributed by atoms with van der Waals surface area (Å²) in [5, 5.41) is 9.91. The van der Waals surface area contributed by atoms with Gasteiger partial charge in [-0.2, -0.15) is 0 Å². The van der Waals surface area contributed by atoms with Crippen LogP contribution in [-0.2, 0) is 11.3 Å². The van der Waals surface area contributed by atoms with Gasteiger partial charge in [0.15, 0.2) is 5.96 Å². The fraction of sp³-hybridized carbons (Fsp3) is 0.500. The molecule has 0 aliphatic carbocycles. The number of aliphatic imine (C=N–C) groups is 1. The van der Waals surface area contributed by atoms with Crippen molar-refractivity contribution < 1.29 is 4.74 Å². The number of rotatable bonds is 7. The summed E-state index contributed by atoms with van der Waals surface area (Å²) in [5.41, 5.74) is 2.15. The monoisotopic (exact) mass is 387 g/mol. The fourth-order valence-corrected chi connectivity index (χ4v) is 3.80. The SMILES string of the molecule is CCNC(=NCc1csc(-c2ccccc2)n1)NCC(C)N1CCOCC1. The van der Waals surface area contributed by atoms with Gasteiger partial charge in [-0.05, 0) is 13.8 Å². The highest BCUT2D eigenvalue weighted by Crippen LogP contribution is 2.23. The largest absolute Gasteiger partial charge is 0.379 e. The van der Waals surface area contributed by atoms with Crippen molar-refractivity contribution in [1.82, 2.24) is 20.5 Å². The molecule has 1 atom stereocenters. The van der Waals surface area contributed by atoms with E-state index in [9.17, 15) is 0 Å². The van der Waals surface area contributed by atoms with Gasteiger partial charge in [0.2, 0.25) is 0 Å². The molecule has 2 heterocycles. The average Bonchev–Trinajstić information content (AvgIpc) is 3.20. The van der Waals surface area contributed by atoms with Gasteiger partial charge in [-0.25, -0.2) is 9.98 Å². The van der Waals surface area contributed by atoms with Crippen LogP contribution in [0.4, 0.5) is 0 Å². The number of aromatic nitrogens is 1. The Balaban J connectivity index is 1.54. The standard InChI is InChI=1S/C20H29N5OS/c1-3-21-20(22-13-16(2)25-9-11-26-12-10-25)23-14-18-15-27-19(24-18)17-7-5-4-6-8-17/h4-8,15-16H,3,9-14H2,1-2H3,(H2,21,22,23). The van der Waals surface area contributed by atoms with Crippen LogP contribution in [0.5, 0.6) is 0 Å². The molecule has 1 saturated heterocycles. The van der Waals surface area contributed by atoms with Gasteiger partial charge in [-0.3, -0.25) is 4.90 Å². The first kappa shape index (κ1) is 19.8. The third kappa shape index (κ3) is 6.02. The zero-order chi connectivity index (χ0) is 18.9. The lowest BCUT2D eigenvalue weighted by Gasteiger charge is -2.32. The highest BCUT2D eigenvalue weighted by molar-refractivity contribution is 7.13. The maximum absolute atomic E-state index is 5.43. The first-order valence-electron chi connectivity index (χ1n) is 9.60. The van der Waals surface area contributed by atoms with Crippen LogP contribution in [0.25, 0.3) is 10.6 Å². The molecule has 0 saturated carbocycles. The molecule has 1 fully saturated rings. The van der Waals surface area contributed by atoms with Crippen LogP contribution in [0.3, 0.4) is 0 Å². The number of benzene rings is 1. The molecular weight excluding hydrogens is 358 g/mol. The van der Waals surface area contributed by atoms with Crippen LogP contribution in [0.2, 0.25) is 0 Å². The van der Waals surface area contributed by atoms with Crippen molar-refractivity contribution >= 4 is 17.3 Å². The van der Waals surface area contributed by atoms with E-state index >= 15 is 0 Å². The number of hydrogen-bond acceptors (Lipinski definition) is 5. The summed E-state index contributed by atoms with van der Waals surface area (Å²) in [5.74, 6) is 0.840. The van der Waals surface area contributed by atoms with E-state index in [0.717, 1.165) is 61.6 Å². The number of ether oxygens (including phenoxy) is 1. The molecule has 1 unspecified atom stereocenters. The Hall–Kier alpha value is -1.96. The number of morpholine rings is 1. The second-order valence-electron chi connectivity index (χ2n) is 6.58. The van der Waals surface area contributed by atoms with E-state index in [-0.39, 0.29) is 0 Å². The Morgan fingerprint density at radius 1 is 1.26 bits per heavy atom. The average molecular weight is 388 g/mol. The normalized spacial score (nSPS) is 16.9. The third-order valence-electron chi connectivity index (χ3n) is 4.55. The molecule has 27 heavy (non-hydrogen) atoms. The molecule has 0 spiro atoms. The second-order valence-corrected chi connectivity index (χ2v) is 7.44. The second kappa shape index (κ2) is 10.4. The third-order valence-corrected chi connectivity index (χ3v) is 5.49. The smallest absolute Gasteiger partial charge is 0.191 e. The maximum atomic E-state index is 5.43. The Labute approximate surface area is 165 Å². The van der Waals surface area contributed by atoms with Crippen molar-refractivity contribution in [2.45, 2.75) is 26.4 Å². The summed E-state index contributed by atoms with van der Waals surface area (Å²) < 4.78 is 5.43. The minimum atomic E-state index is 0.446. The van der Waals surface area contributed by atoms with Crippen molar-refractivity contribution in [2.24, 2.45) is 4.99 Å². The highest BCUT2D eigenvalue weighted by atomic mass is 32.1. The van der Waals surface area contributed by atoms with E-state index in [0.29, 0.717) is 12.6 Å². The molecule has 1 aromatic heterocycles. The Kier molecular flexibility index (Phi) is 7.62. The van der Waals surface area contributed by atoms with Crippen LogP contribution in [0.15, 0.2) is 40.7 Å². The lowest BCUT2D eigenvalue weighted by atomic mass is 10.2. The molecule has 146 valence electrons. The maximum Gasteiger partial charge on any atom is 0.191 e. The van der Waals surface area contributed by atoms with Gasteiger partial charge in [-0.15, -0.1) is 11.3 Å². The van der Waals surface area contributed by atoms with E-state index in [1.165, 1.54) is 0 Å². The topological polar surface area (TPSA) is 61.8 Å². The minimum Gasteiger partial charge on any atom is -0.379 e. The van der Waals surface area contributed by atoms with Gasteiger partial charge in [0.05, 0.1) is 25.5 Å². The van der Waals surface area contributed by atoms with E-state index in [2.05, 4.69) is 46.9 Å². The molecular formula is C20H29N5OS. The molecule has 0 radical (unpaired) electrons. The lowest BCUT2D eigenvalue weighted by molar-refractivity contribution is 0.0211. The van der Waals surface area contributed by atoms with Gasteiger partial charge in [0.25, 0.3) is 0 Å². The molecule has 0 bridgehead atoms. The zero-order valence-electron chi connectivity index (χ0n) is 16.1. The number of nitrogens with one attached hydrogen (secondary N) is 2. The summed E-state index contributed by atoms with van der Waals surface area (Å²) in [6.45, 7) is 10.2. The summed E-state index contributed by atoms with van der Waals surface area (Å²) in [6, 6.07) is 10.7. The van der Waals surface area contributed by atoms with Crippen LogP contribution in [0, 0.1) is 0 Å². The molecule has 2 N–H and O–H groups in total. The van der Waals surface area contributed by atoms with Crippen molar-refractivity contribution in [3.8, 4) is 10.6 Å². The zero-order valence-corrected chi connectivity index (χ0v) is 17.0. The Bertz CT molecular complexity index is 712. The predicted octanol–water partition coefficient (Wildman–Crippen LogP) is 2.59. The molecule has 1 aliphatic rings. The first-order valence-corrected chi connectivity index (χ1v) is 10.5. The molecule has 0 amide bonds. The number of thiazole rings is 1. The van der Waals surface area contributed by atoms with Crippen LogP contribution in [-0.4, -0.2) is 61.3 Å². The lowest BCUT2D eigenvalue weighted by Crippen LogP contribution is -2.49. The summed E-state index contributed by atoms with van der Waals surface area (Å²) >= 11 is 1.67. The van der Waals surface area contributed by atoms with Crippen LogP contribution < -0.4 is 10.6 Å². The van der Waals surface area contributed by atoms with Crippen molar-refractivity contribution in [2.75, 3.05) is 39.4 Å². The van der Waals surface area contributed by atoms with E-state index in [1.54, 1.807) is 11.3 Å². The highest BCUT2D eigenvalue weighted by Gasteiger charge is 2.17. The van der Waals surface area contributed by atoms with E-state index < -0.39 is 0 Å². The van der Waals surface area contributed by atoms with Crippen molar-refractivity contribution in [3.63, 3.8) is 0 Å². The van der Waals surface area contributed by atoms with Gasteiger partial charge < -0.3 is 15.4 Å². The fourth-order valence-electron chi connectivity index (χ4n) is 2.99. The number of guanidine groups is 1. The summed E-state index contributed by atoms with van der Waals surface area (Å²) in [6.07, 6.45) is 0.